The molecule has 0 aliphatic rings. The number of aromatic nitrogens is 4. The maximum Gasteiger partial charge on any atom is 0.203 e. The van der Waals surface area contributed by atoms with Crippen LogP contribution in [0.5, 0.6) is 0 Å². The molecule has 3 aromatic rings. The summed E-state index contributed by atoms with van der Waals surface area (Å²) in [6, 6.07) is 16.9. The zero-order chi connectivity index (χ0) is 13.1. The van der Waals surface area contributed by atoms with Crippen LogP contribution in [0.25, 0.3) is 22.8 Å². The number of hydrogen-bond acceptors (Lipinski definition) is 5. The van der Waals surface area contributed by atoms with Crippen molar-refractivity contribution < 1.29 is 0 Å². The standard InChI is InChI=1S/C14H11N5/c15-12-8-4-7-11(9-12)14-18-16-13(17-19-14)10-5-2-1-3-6-10/h1-9H,15H2. The molecule has 5 heteroatoms. The smallest absolute Gasteiger partial charge is 0.203 e. The Labute approximate surface area is 110 Å². The molecule has 0 spiro atoms. The van der Waals surface area contributed by atoms with E-state index in [4.69, 9.17) is 5.73 Å². The lowest BCUT2D eigenvalue weighted by Gasteiger charge is -2.01. The molecule has 2 aromatic carbocycles. The molecule has 2 N–H and O–H groups in total. The van der Waals surface area contributed by atoms with E-state index >= 15 is 0 Å². The molecule has 0 saturated carbocycles. The number of nitrogen functional groups attached to an aromatic ring is 1. The van der Waals surface area contributed by atoms with Gasteiger partial charge < -0.3 is 5.73 Å². The minimum atomic E-state index is 0.465. The third-order valence-corrected chi connectivity index (χ3v) is 2.66. The molecule has 0 aliphatic heterocycles. The van der Waals surface area contributed by atoms with E-state index in [9.17, 15) is 0 Å². The zero-order valence-corrected chi connectivity index (χ0v) is 10.1. The first-order valence-electron chi connectivity index (χ1n) is 5.82. The molecule has 0 aliphatic carbocycles. The SMILES string of the molecule is Nc1cccc(-c2nnc(-c3ccccc3)nn2)c1. The minimum Gasteiger partial charge on any atom is -0.399 e. The summed E-state index contributed by atoms with van der Waals surface area (Å²) in [6.45, 7) is 0. The van der Waals surface area contributed by atoms with Gasteiger partial charge in [-0.05, 0) is 12.1 Å². The van der Waals surface area contributed by atoms with Gasteiger partial charge in [0.05, 0.1) is 0 Å². The van der Waals surface area contributed by atoms with E-state index in [0.717, 1.165) is 11.1 Å². The van der Waals surface area contributed by atoms with Crippen molar-refractivity contribution >= 4 is 5.69 Å². The van der Waals surface area contributed by atoms with Crippen molar-refractivity contribution in [1.29, 1.82) is 0 Å². The number of nitrogens with two attached hydrogens (primary N) is 1. The molecule has 0 radical (unpaired) electrons. The summed E-state index contributed by atoms with van der Waals surface area (Å²) >= 11 is 0. The minimum absolute atomic E-state index is 0.465. The highest BCUT2D eigenvalue weighted by Gasteiger charge is 2.06. The van der Waals surface area contributed by atoms with E-state index in [1.807, 2.05) is 48.5 Å². The first-order chi connectivity index (χ1) is 9.33. The van der Waals surface area contributed by atoms with Gasteiger partial charge in [0, 0.05) is 16.8 Å². The average Bonchev–Trinajstić information content (AvgIpc) is 2.48. The molecule has 5 nitrogen and oxygen atoms in total. The van der Waals surface area contributed by atoms with E-state index < -0.39 is 0 Å². The molecule has 0 fully saturated rings. The van der Waals surface area contributed by atoms with Crippen molar-refractivity contribution in [2.45, 2.75) is 0 Å². The van der Waals surface area contributed by atoms with Gasteiger partial charge in [-0.15, -0.1) is 20.4 Å². The molecule has 1 heterocycles. The van der Waals surface area contributed by atoms with Crippen LogP contribution in [0, 0.1) is 0 Å². The highest BCUT2D eigenvalue weighted by Crippen LogP contribution is 2.17. The number of rotatable bonds is 2. The van der Waals surface area contributed by atoms with Crippen molar-refractivity contribution in [2.24, 2.45) is 0 Å². The van der Waals surface area contributed by atoms with Crippen molar-refractivity contribution in [3.05, 3.63) is 54.6 Å². The van der Waals surface area contributed by atoms with Crippen LogP contribution < -0.4 is 5.73 Å². The quantitative estimate of drug-likeness (QED) is 0.704. The second-order valence-electron chi connectivity index (χ2n) is 4.04. The molecule has 19 heavy (non-hydrogen) atoms. The van der Waals surface area contributed by atoms with E-state index in [2.05, 4.69) is 20.4 Å². The Morgan fingerprint density at radius 2 is 1.21 bits per heavy atom. The molecule has 0 bridgehead atoms. The van der Waals surface area contributed by atoms with Crippen LogP contribution in [0.4, 0.5) is 5.69 Å². The fraction of sp³-hybridized carbons (Fsp3) is 0. The van der Waals surface area contributed by atoms with Crippen LogP contribution in [-0.2, 0) is 0 Å². The van der Waals surface area contributed by atoms with Crippen molar-refractivity contribution in [3.63, 3.8) is 0 Å². The third kappa shape index (κ3) is 2.40. The van der Waals surface area contributed by atoms with Gasteiger partial charge in [0.15, 0.2) is 0 Å². The van der Waals surface area contributed by atoms with Gasteiger partial charge in [0.2, 0.25) is 11.6 Å². The highest BCUT2D eigenvalue weighted by atomic mass is 15.3. The molecule has 3 rings (SSSR count). The average molecular weight is 249 g/mol. The molecular weight excluding hydrogens is 238 g/mol. The zero-order valence-electron chi connectivity index (χ0n) is 10.1. The maximum absolute atomic E-state index is 5.72. The highest BCUT2D eigenvalue weighted by molar-refractivity contribution is 5.61. The first kappa shape index (κ1) is 11.3. The van der Waals surface area contributed by atoms with E-state index in [-0.39, 0.29) is 0 Å². The molecule has 1 aromatic heterocycles. The van der Waals surface area contributed by atoms with E-state index in [1.165, 1.54) is 0 Å². The summed E-state index contributed by atoms with van der Waals surface area (Å²) in [6.07, 6.45) is 0. The number of benzene rings is 2. The van der Waals surface area contributed by atoms with Gasteiger partial charge in [-0.2, -0.15) is 0 Å². The fourth-order valence-electron chi connectivity index (χ4n) is 1.73. The molecule has 92 valence electrons. The van der Waals surface area contributed by atoms with Gasteiger partial charge in [-0.1, -0.05) is 42.5 Å². The second kappa shape index (κ2) is 4.81. The number of hydrogen-bond donors (Lipinski definition) is 1. The molecular formula is C14H11N5. The predicted octanol–water partition coefficient (Wildman–Crippen LogP) is 2.18. The third-order valence-electron chi connectivity index (χ3n) is 2.66. The molecule has 0 unspecified atom stereocenters. The first-order valence-corrected chi connectivity index (χ1v) is 5.82. The maximum atomic E-state index is 5.72. The van der Waals surface area contributed by atoms with Crippen LogP contribution in [-0.4, -0.2) is 20.4 Å². The summed E-state index contributed by atoms with van der Waals surface area (Å²) in [5.41, 5.74) is 8.08. The lowest BCUT2D eigenvalue weighted by Crippen LogP contribution is -1.99. The van der Waals surface area contributed by atoms with Gasteiger partial charge >= 0.3 is 0 Å². The summed E-state index contributed by atoms with van der Waals surface area (Å²) in [5.74, 6) is 0.972. The van der Waals surface area contributed by atoms with Crippen LogP contribution >= 0.6 is 0 Å². The molecule has 0 saturated heterocycles. The Hall–Kier alpha value is -2.82. The molecule has 0 amide bonds. The molecule has 0 atom stereocenters. The lowest BCUT2D eigenvalue weighted by atomic mass is 10.2. The second-order valence-corrected chi connectivity index (χ2v) is 4.04. The van der Waals surface area contributed by atoms with Gasteiger partial charge in [-0.25, -0.2) is 0 Å². The van der Waals surface area contributed by atoms with Crippen LogP contribution in [0.1, 0.15) is 0 Å². The predicted molar refractivity (Wildman–Crippen MR) is 72.9 cm³/mol. The number of nitrogens with zero attached hydrogens (tertiary/aromatic N) is 4. The van der Waals surface area contributed by atoms with Crippen LogP contribution in [0.15, 0.2) is 54.6 Å². The van der Waals surface area contributed by atoms with E-state index in [0.29, 0.717) is 17.3 Å². The van der Waals surface area contributed by atoms with E-state index in [1.54, 1.807) is 6.07 Å². The Balaban J connectivity index is 1.95. The monoisotopic (exact) mass is 249 g/mol. The fourth-order valence-corrected chi connectivity index (χ4v) is 1.73. The lowest BCUT2D eigenvalue weighted by molar-refractivity contribution is 0.876. The van der Waals surface area contributed by atoms with Crippen molar-refractivity contribution in [2.75, 3.05) is 5.73 Å². The summed E-state index contributed by atoms with van der Waals surface area (Å²) in [5, 5.41) is 16.4. The summed E-state index contributed by atoms with van der Waals surface area (Å²) in [4.78, 5) is 0. The van der Waals surface area contributed by atoms with Gasteiger partial charge in [-0.3, -0.25) is 0 Å². The Morgan fingerprint density at radius 3 is 1.84 bits per heavy atom. The summed E-state index contributed by atoms with van der Waals surface area (Å²) < 4.78 is 0. The van der Waals surface area contributed by atoms with Gasteiger partial charge in [0.25, 0.3) is 0 Å². The topological polar surface area (TPSA) is 77.6 Å². The summed E-state index contributed by atoms with van der Waals surface area (Å²) in [7, 11) is 0. The Morgan fingerprint density at radius 1 is 0.632 bits per heavy atom. The Bertz CT molecular complexity index is 680. The largest absolute Gasteiger partial charge is 0.399 e. The number of anilines is 1. The van der Waals surface area contributed by atoms with Crippen molar-refractivity contribution in [1.82, 2.24) is 20.4 Å². The normalized spacial score (nSPS) is 10.3. The Kier molecular flexibility index (Phi) is 2.86. The van der Waals surface area contributed by atoms with Crippen LogP contribution in [0.3, 0.4) is 0 Å². The van der Waals surface area contributed by atoms with Crippen molar-refractivity contribution in [3.8, 4) is 22.8 Å². The van der Waals surface area contributed by atoms with Crippen LogP contribution in [0.2, 0.25) is 0 Å². The van der Waals surface area contributed by atoms with Gasteiger partial charge in [0.1, 0.15) is 0 Å².